The van der Waals surface area contributed by atoms with E-state index in [0.717, 1.165) is 25.0 Å². The van der Waals surface area contributed by atoms with Gasteiger partial charge >= 0.3 is 5.97 Å². The third kappa shape index (κ3) is 4.39. The molecule has 23 heavy (non-hydrogen) atoms. The normalized spacial score (nSPS) is 17.3. The molecule has 1 aromatic heterocycles. The zero-order chi connectivity index (χ0) is 16.1. The van der Waals surface area contributed by atoms with Crippen LogP contribution in [0.5, 0.6) is 0 Å². The monoisotopic (exact) mass is 316 g/mol. The highest BCUT2D eigenvalue weighted by Gasteiger charge is 2.18. The van der Waals surface area contributed by atoms with Gasteiger partial charge < -0.3 is 13.9 Å². The number of carbonyl (C=O) groups excluding carboxylic acids is 1. The lowest BCUT2D eigenvalue weighted by Crippen LogP contribution is -2.18. The third-order valence-corrected chi connectivity index (χ3v) is 3.76. The van der Waals surface area contributed by atoms with Crippen molar-refractivity contribution in [1.29, 1.82) is 0 Å². The number of aromatic nitrogens is 2. The van der Waals surface area contributed by atoms with Crippen LogP contribution in [-0.2, 0) is 20.7 Å². The number of aryl methyl sites for hydroxylation is 2. The molecule has 6 heteroatoms. The molecule has 1 aromatic carbocycles. The molecule has 1 atom stereocenters. The van der Waals surface area contributed by atoms with E-state index < -0.39 is 0 Å². The van der Waals surface area contributed by atoms with E-state index in [0.29, 0.717) is 24.8 Å². The van der Waals surface area contributed by atoms with Gasteiger partial charge in [-0.3, -0.25) is 4.79 Å². The van der Waals surface area contributed by atoms with E-state index in [1.807, 2.05) is 31.2 Å². The van der Waals surface area contributed by atoms with Gasteiger partial charge in [-0.1, -0.05) is 17.7 Å². The Bertz CT molecular complexity index is 645. The lowest BCUT2D eigenvalue weighted by molar-refractivity contribution is -0.146. The fraction of sp³-hybridized carbons (Fsp3) is 0.471. The maximum absolute atomic E-state index is 11.7. The summed E-state index contributed by atoms with van der Waals surface area (Å²) in [6.45, 7) is 3.11. The minimum Gasteiger partial charge on any atom is -0.463 e. The molecule has 1 aliphatic heterocycles. The van der Waals surface area contributed by atoms with Crippen LogP contribution in [0.25, 0.3) is 11.5 Å². The quantitative estimate of drug-likeness (QED) is 0.763. The summed E-state index contributed by atoms with van der Waals surface area (Å²) in [6, 6.07) is 7.84. The largest absolute Gasteiger partial charge is 0.463 e. The predicted molar refractivity (Wildman–Crippen MR) is 82.7 cm³/mol. The maximum Gasteiger partial charge on any atom is 0.306 e. The maximum atomic E-state index is 11.7. The molecular weight excluding hydrogens is 296 g/mol. The van der Waals surface area contributed by atoms with Crippen LogP contribution >= 0.6 is 0 Å². The van der Waals surface area contributed by atoms with Crippen molar-refractivity contribution in [2.45, 2.75) is 38.7 Å². The molecule has 2 heterocycles. The molecule has 1 fully saturated rings. The molecule has 1 aliphatic rings. The molecule has 1 saturated heterocycles. The molecule has 0 radical (unpaired) electrons. The molecule has 1 unspecified atom stereocenters. The van der Waals surface area contributed by atoms with E-state index >= 15 is 0 Å². The average Bonchev–Trinajstić information content (AvgIpc) is 3.23. The fourth-order valence-electron chi connectivity index (χ4n) is 2.41. The van der Waals surface area contributed by atoms with Gasteiger partial charge in [0.2, 0.25) is 11.8 Å². The van der Waals surface area contributed by atoms with Crippen LogP contribution in [0.4, 0.5) is 0 Å². The number of rotatable bonds is 6. The van der Waals surface area contributed by atoms with Crippen LogP contribution in [0.2, 0.25) is 0 Å². The first-order chi connectivity index (χ1) is 11.2. The minimum absolute atomic E-state index is 0.0514. The summed E-state index contributed by atoms with van der Waals surface area (Å²) < 4.78 is 16.2. The smallest absolute Gasteiger partial charge is 0.306 e. The van der Waals surface area contributed by atoms with Crippen LogP contribution in [0.1, 0.15) is 30.7 Å². The number of benzene rings is 1. The summed E-state index contributed by atoms with van der Waals surface area (Å²) in [4.78, 5) is 11.7. The van der Waals surface area contributed by atoms with Crippen LogP contribution < -0.4 is 0 Å². The average molecular weight is 316 g/mol. The summed E-state index contributed by atoms with van der Waals surface area (Å²) in [5, 5.41) is 7.99. The van der Waals surface area contributed by atoms with Gasteiger partial charge in [0.15, 0.2) is 0 Å². The molecule has 0 bridgehead atoms. The highest BCUT2D eigenvalue weighted by molar-refractivity contribution is 5.69. The van der Waals surface area contributed by atoms with Gasteiger partial charge in [0.25, 0.3) is 0 Å². The van der Waals surface area contributed by atoms with Crippen molar-refractivity contribution >= 4 is 5.97 Å². The van der Waals surface area contributed by atoms with Gasteiger partial charge in [0.05, 0.1) is 12.5 Å². The lowest BCUT2D eigenvalue weighted by Gasteiger charge is -2.09. The first-order valence-electron chi connectivity index (χ1n) is 7.87. The zero-order valence-electron chi connectivity index (χ0n) is 13.2. The highest BCUT2D eigenvalue weighted by Crippen LogP contribution is 2.19. The van der Waals surface area contributed by atoms with Crippen molar-refractivity contribution in [3.05, 3.63) is 35.7 Å². The Hall–Kier alpha value is -2.21. The zero-order valence-corrected chi connectivity index (χ0v) is 13.2. The van der Waals surface area contributed by atoms with Crippen LogP contribution in [0.15, 0.2) is 28.7 Å². The van der Waals surface area contributed by atoms with E-state index in [2.05, 4.69) is 10.2 Å². The van der Waals surface area contributed by atoms with Crippen molar-refractivity contribution in [3.8, 4) is 11.5 Å². The number of esters is 1. The lowest BCUT2D eigenvalue weighted by atomic mass is 10.1. The van der Waals surface area contributed by atoms with Crippen LogP contribution in [-0.4, -0.2) is 35.5 Å². The molecule has 0 aliphatic carbocycles. The number of hydrogen-bond donors (Lipinski definition) is 0. The molecular formula is C17H20N2O4. The van der Waals surface area contributed by atoms with E-state index in [1.165, 1.54) is 5.56 Å². The van der Waals surface area contributed by atoms with Crippen molar-refractivity contribution < 1.29 is 18.7 Å². The van der Waals surface area contributed by atoms with Crippen molar-refractivity contribution in [2.24, 2.45) is 0 Å². The van der Waals surface area contributed by atoms with Gasteiger partial charge in [-0.2, -0.15) is 0 Å². The van der Waals surface area contributed by atoms with E-state index in [1.54, 1.807) is 0 Å². The van der Waals surface area contributed by atoms with E-state index in [-0.39, 0.29) is 18.5 Å². The molecule has 2 aromatic rings. The summed E-state index contributed by atoms with van der Waals surface area (Å²) in [6.07, 6.45) is 2.64. The van der Waals surface area contributed by atoms with Crippen molar-refractivity contribution in [3.63, 3.8) is 0 Å². The molecule has 122 valence electrons. The first kappa shape index (κ1) is 15.7. The summed E-state index contributed by atoms with van der Waals surface area (Å²) >= 11 is 0. The topological polar surface area (TPSA) is 74.5 Å². The summed E-state index contributed by atoms with van der Waals surface area (Å²) in [7, 11) is 0. The third-order valence-electron chi connectivity index (χ3n) is 3.76. The van der Waals surface area contributed by atoms with Crippen molar-refractivity contribution in [2.75, 3.05) is 13.2 Å². The Morgan fingerprint density at radius 1 is 1.30 bits per heavy atom. The SMILES string of the molecule is Cc1ccc(-c2nnc(CCC(=O)OCC3CCCO3)o2)cc1. The number of carbonyl (C=O) groups is 1. The second-order valence-corrected chi connectivity index (χ2v) is 5.69. The van der Waals surface area contributed by atoms with Crippen molar-refractivity contribution in [1.82, 2.24) is 10.2 Å². The number of ether oxygens (including phenoxy) is 2. The predicted octanol–water partition coefficient (Wildman–Crippen LogP) is 2.70. The Kier molecular flexibility index (Phi) is 5.02. The minimum atomic E-state index is -0.268. The number of nitrogens with zero attached hydrogens (tertiary/aromatic N) is 2. The highest BCUT2D eigenvalue weighted by atomic mass is 16.6. The van der Waals surface area contributed by atoms with Gasteiger partial charge in [-0.25, -0.2) is 0 Å². The summed E-state index contributed by atoms with van der Waals surface area (Å²) in [5.74, 6) is 0.637. The molecule has 0 saturated carbocycles. The van der Waals surface area contributed by atoms with Gasteiger partial charge in [-0.15, -0.1) is 10.2 Å². The van der Waals surface area contributed by atoms with Gasteiger partial charge in [-0.05, 0) is 31.9 Å². The Balaban J connectivity index is 1.47. The molecule has 0 N–H and O–H groups in total. The molecule has 0 amide bonds. The van der Waals surface area contributed by atoms with Gasteiger partial charge in [0, 0.05) is 18.6 Å². The molecule has 0 spiro atoms. The molecule has 3 rings (SSSR count). The molecule has 6 nitrogen and oxygen atoms in total. The second-order valence-electron chi connectivity index (χ2n) is 5.69. The Morgan fingerprint density at radius 3 is 2.87 bits per heavy atom. The van der Waals surface area contributed by atoms with E-state index in [9.17, 15) is 4.79 Å². The van der Waals surface area contributed by atoms with Gasteiger partial charge in [0.1, 0.15) is 6.61 Å². The Labute approximate surface area is 134 Å². The first-order valence-corrected chi connectivity index (χ1v) is 7.87. The summed E-state index contributed by atoms with van der Waals surface area (Å²) in [5.41, 5.74) is 2.04. The van der Waals surface area contributed by atoms with E-state index in [4.69, 9.17) is 13.9 Å². The fourth-order valence-corrected chi connectivity index (χ4v) is 2.41. The number of hydrogen-bond acceptors (Lipinski definition) is 6. The Morgan fingerprint density at radius 2 is 2.13 bits per heavy atom. The standard InChI is InChI=1S/C17H20N2O4/c1-12-4-6-13(7-5-12)17-19-18-15(23-17)8-9-16(20)22-11-14-3-2-10-21-14/h4-7,14H,2-3,8-11H2,1H3. The van der Waals surface area contributed by atoms with Crippen LogP contribution in [0, 0.1) is 6.92 Å². The van der Waals surface area contributed by atoms with Crippen LogP contribution in [0.3, 0.4) is 0 Å². The second kappa shape index (κ2) is 7.37.